The van der Waals surface area contributed by atoms with Crippen LogP contribution in [0.5, 0.6) is 5.75 Å². The number of nitrogens with one attached hydrogen (secondary N) is 1. The highest BCUT2D eigenvalue weighted by atomic mass is 19.4. The van der Waals surface area contributed by atoms with E-state index < -0.39 is 53.0 Å². The second kappa shape index (κ2) is 9.39. The molecule has 2 aromatic rings. The largest absolute Gasteiger partial charge is 0.480 e. The molecule has 2 atom stereocenters. The van der Waals surface area contributed by atoms with E-state index in [-0.39, 0.29) is 18.8 Å². The summed E-state index contributed by atoms with van der Waals surface area (Å²) in [6.45, 7) is -1.20. The van der Waals surface area contributed by atoms with Crippen molar-refractivity contribution >= 4 is 11.7 Å². The van der Waals surface area contributed by atoms with E-state index in [1.807, 2.05) is 5.32 Å². The minimum absolute atomic E-state index is 0.0962. The molecule has 0 aliphatic carbocycles. The van der Waals surface area contributed by atoms with Crippen molar-refractivity contribution < 1.29 is 36.8 Å². The third-order valence-electron chi connectivity index (χ3n) is 4.89. The Labute approximate surface area is 179 Å². The van der Waals surface area contributed by atoms with Gasteiger partial charge in [0.1, 0.15) is 12.6 Å². The van der Waals surface area contributed by atoms with Gasteiger partial charge in [-0.1, -0.05) is 30.3 Å². The van der Waals surface area contributed by atoms with E-state index in [1.165, 1.54) is 7.11 Å². The zero-order chi connectivity index (χ0) is 23.5. The van der Waals surface area contributed by atoms with Crippen LogP contribution in [0.2, 0.25) is 0 Å². The topological polar surface area (TPSA) is 93.9 Å². The molecule has 0 unspecified atom stereocenters. The molecule has 1 heterocycles. The molecule has 12 heteroatoms. The molecule has 8 nitrogen and oxygen atoms in total. The summed E-state index contributed by atoms with van der Waals surface area (Å²) in [4.78, 5) is 23.7. The van der Waals surface area contributed by atoms with E-state index in [2.05, 4.69) is 0 Å². The molecule has 0 bridgehead atoms. The Hall–Kier alpha value is -3.41. The maximum atomic E-state index is 14.9. The number of methoxy groups -OCH3 is 1. The van der Waals surface area contributed by atoms with Gasteiger partial charge in [-0.05, 0) is 17.2 Å². The number of halogens is 4. The van der Waals surface area contributed by atoms with Crippen molar-refractivity contribution in [3.05, 3.63) is 69.5 Å². The molecule has 0 aromatic heterocycles. The summed E-state index contributed by atoms with van der Waals surface area (Å²) in [5, 5.41) is 13.4. The highest BCUT2D eigenvalue weighted by molar-refractivity contribution is 5.77. The van der Waals surface area contributed by atoms with E-state index >= 15 is 0 Å². The van der Waals surface area contributed by atoms with E-state index in [0.717, 1.165) is 17.0 Å². The van der Waals surface area contributed by atoms with Gasteiger partial charge >= 0.3 is 17.9 Å². The minimum Gasteiger partial charge on any atom is -0.480 e. The van der Waals surface area contributed by atoms with E-state index in [9.17, 15) is 32.5 Å². The molecule has 1 aliphatic heterocycles. The molecule has 2 aromatic carbocycles. The Morgan fingerprint density at radius 3 is 2.53 bits per heavy atom. The minimum atomic E-state index is -4.69. The van der Waals surface area contributed by atoms with Crippen LogP contribution in [0.1, 0.15) is 17.2 Å². The first-order chi connectivity index (χ1) is 15.1. The summed E-state index contributed by atoms with van der Waals surface area (Å²) in [6, 6.07) is 6.09. The summed E-state index contributed by atoms with van der Waals surface area (Å²) in [5.74, 6) is -1.70. The van der Waals surface area contributed by atoms with Gasteiger partial charge in [-0.15, -0.1) is 0 Å². The Bertz CT molecular complexity index is 987. The summed E-state index contributed by atoms with van der Waals surface area (Å²) >= 11 is 0. The predicted octanol–water partition coefficient (Wildman–Crippen LogP) is 3.96. The van der Waals surface area contributed by atoms with Gasteiger partial charge in [-0.3, -0.25) is 10.1 Å². The average Bonchev–Trinajstić information content (AvgIpc) is 3.13. The van der Waals surface area contributed by atoms with Crippen molar-refractivity contribution in [2.24, 2.45) is 0 Å². The molecule has 1 N–H and O–H groups in total. The smallest absolute Gasteiger partial charge is 0.410 e. The number of amides is 2. The van der Waals surface area contributed by atoms with E-state index in [0.29, 0.717) is 5.56 Å². The average molecular weight is 457 g/mol. The lowest BCUT2D eigenvalue weighted by molar-refractivity contribution is -0.386. The maximum absolute atomic E-state index is 14.9. The van der Waals surface area contributed by atoms with Crippen LogP contribution in [0, 0.1) is 15.9 Å². The second-order valence-corrected chi connectivity index (χ2v) is 7.05. The number of carbonyl (C=O) groups excluding carboxylic acids is 1. The van der Waals surface area contributed by atoms with Crippen LogP contribution in [-0.2, 0) is 11.3 Å². The fraction of sp³-hybridized carbons (Fsp3) is 0.350. The monoisotopic (exact) mass is 457 g/mol. The summed E-state index contributed by atoms with van der Waals surface area (Å²) in [6.07, 6.45) is -4.69. The zero-order valence-corrected chi connectivity index (χ0v) is 16.8. The third-order valence-corrected chi connectivity index (χ3v) is 4.89. The molecule has 172 valence electrons. The van der Waals surface area contributed by atoms with E-state index in [1.54, 1.807) is 30.3 Å². The first kappa shape index (κ1) is 23.3. The molecule has 0 saturated carbocycles. The second-order valence-electron chi connectivity index (χ2n) is 7.05. The van der Waals surface area contributed by atoms with Gasteiger partial charge in [0.05, 0.1) is 24.1 Å². The predicted molar refractivity (Wildman–Crippen MR) is 104 cm³/mol. The number of benzene rings is 2. The fourth-order valence-electron chi connectivity index (χ4n) is 3.34. The van der Waals surface area contributed by atoms with Crippen molar-refractivity contribution in [1.82, 2.24) is 10.2 Å². The number of hydrogen-bond donors (Lipinski definition) is 1. The number of urea groups is 1. The summed E-state index contributed by atoms with van der Waals surface area (Å²) in [5.41, 5.74) is -0.167. The summed E-state index contributed by atoms with van der Waals surface area (Å²) in [7, 11) is 1.24. The lowest BCUT2D eigenvalue weighted by atomic mass is 10.0. The maximum Gasteiger partial charge on any atom is 0.410 e. The Kier molecular flexibility index (Phi) is 6.82. The highest BCUT2D eigenvalue weighted by Crippen LogP contribution is 2.37. The molecule has 32 heavy (non-hydrogen) atoms. The van der Waals surface area contributed by atoms with Gasteiger partial charge in [0.2, 0.25) is 5.75 Å². The molecule has 1 saturated heterocycles. The fourth-order valence-corrected chi connectivity index (χ4v) is 3.34. The summed E-state index contributed by atoms with van der Waals surface area (Å²) < 4.78 is 64.3. The number of hydrogen-bond acceptors (Lipinski definition) is 5. The van der Waals surface area contributed by atoms with Gasteiger partial charge in [0.15, 0.2) is 5.82 Å². The molecule has 1 aliphatic rings. The Morgan fingerprint density at radius 2 is 1.97 bits per heavy atom. The standard InChI is InChI=1S/C20H19F4N3O5/c1-31-11-16(26-9-17(20(22,23)24)25-19(26)28)13-7-14(21)18(15(8-13)27(29)30)32-10-12-5-3-2-4-6-12/h2-8,16-17H,9-11H2,1H3,(H,25,28)/t16-,17+/m1/s1. The van der Waals surface area contributed by atoms with Crippen LogP contribution in [0.4, 0.5) is 28.0 Å². The van der Waals surface area contributed by atoms with E-state index in [4.69, 9.17) is 9.47 Å². The number of nitro groups is 1. The normalized spacial score (nSPS) is 17.2. The number of rotatable bonds is 8. The van der Waals surface area contributed by atoms with Crippen LogP contribution in [0.25, 0.3) is 0 Å². The molecule has 1 fully saturated rings. The molecular weight excluding hydrogens is 438 g/mol. The number of carbonyl (C=O) groups is 1. The van der Waals surface area contributed by atoms with Crippen molar-refractivity contribution in [3.8, 4) is 5.75 Å². The molecule has 3 rings (SSSR count). The third kappa shape index (κ3) is 5.07. The van der Waals surface area contributed by atoms with Crippen LogP contribution in [0.3, 0.4) is 0 Å². The Balaban J connectivity index is 1.93. The highest BCUT2D eigenvalue weighted by Gasteiger charge is 2.48. The first-order valence-corrected chi connectivity index (χ1v) is 9.39. The lowest BCUT2D eigenvalue weighted by Crippen LogP contribution is -2.40. The number of nitro benzene ring substituents is 1. The van der Waals surface area contributed by atoms with Crippen LogP contribution >= 0.6 is 0 Å². The SMILES string of the molecule is COC[C@H](c1cc(F)c(OCc2ccccc2)c([N+](=O)[O-])c1)N1C[C@@H](C(F)(F)F)NC1=O. The van der Waals surface area contributed by atoms with Crippen molar-refractivity contribution in [1.29, 1.82) is 0 Å². The lowest BCUT2D eigenvalue weighted by Gasteiger charge is -2.27. The van der Waals surface area contributed by atoms with Crippen molar-refractivity contribution in [2.75, 3.05) is 20.3 Å². The molecular formula is C20H19F4N3O5. The molecule has 0 radical (unpaired) electrons. The number of nitrogens with zero attached hydrogens (tertiary/aromatic N) is 2. The van der Waals surface area contributed by atoms with Gasteiger partial charge in [0, 0.05) is 13.2 Å². The van der Waals surface area contributed by atoms with Gasteiger partial charge in [-0.25, -0.2) is 9.18 Å². The van der Waals surface area contributed by atoms with Crippen LogP contribution < -0.4 is 10.1 Å². The first-order valence-electron chi connectivity index (χ1n) is 9.39. The van der Waals surface area contributed by atoms with Gasteiger partial charge in [-0.2, -0.15) is 13.2 Å². The van der Waals surface area contributed by atoms with Gasteiger partial charge in [0.25, 0.3) is 0 Å². The van der Waals surface area contributed by atoms with Crippen molar-refractivity contribution in [2.45, 2.75) is 24.9 Å². The van der Waals surface area contributed by atoms with Gasteiger partial charge < -0.3 is 19.7 Å². The zero-order valence-electron chi connectivity index (χ0n) is 16.8. The number of alkyl halides is 3. The van der Waals surface area contributed by atoms with Crippen LogP contribution in [0.15, 0.2) is 42.5 Å². The van der Waals surface area contributed by atoms with Crippen LogP contribution in [-0.4, -0.2) is 48.3 Å². The van der Waals surface area contributed by atoms with Crippen molar-refractivity contribution in [3.63, 3.8) is 0 Å². The number of ether oxygens (including phenoxy) is 2. The Morgan fingerprint density at radius 1 is 1.28 bits per heavy atom. The molecule has 0 spiro atoms. The molecule has 2 amide bonds. The quantitative estimate of drug-likeness (QED) is 0.368.